The minimum absolute atomic E-state index is 0.382. The summed E-state index contributed by atoms with van der Waals surface area (Å²) in [7, 11) is 1.62. The van der Waals surface area contributed by atoms with Crippen LogP contribution < -0.4 is 15.2 Å². The van der Waals surface area contributed by atoms with Crippen molar-refractivity contribution in [3.8, 4) is 11.5 Å². The molecule has 2 aromatic carbocycles. The molecule has 0 bridgehead atoms. The standard InChI is InChI=1S/C14H14ClNO2/c1-17-14-6-5-11(15)7-10(14)9-18-13-4-2-3-12(16)8-13/h2-8H,9,16H2,1H3. The zero-order valence-electron chi connectivity index (χ0n) is 10.0. The van der Waals surface area contributed by atoms with Gasteiger partial charge in [0.1, 0.15) is 18.1 Å². The van der Waals surface area contributed by atoms with Gasteiger partial charge in [-0.15, -0.1) is 0 Å². The minimum atomic E-state index is 0.382. The molecule has 0 saturated heterocycles. The second-order valence-electron chi connectivity index (χ2n) is 3.82. The van der Waals surface area contributed by atoms with Crippen molar-refractivity contribution in [1.29, 1.82) is 0 Å². The van der Waals surface area contributed by atoms with Crippen LogP contribution in [0.15, 0.2) is 42.5 Å². The van der Waals surface area contributed by atoms with E-state index in [0.717, 1.165) is 17.1 Å². The maximum Gasteiger partial charge on any atom is 0.125 e. The summed E-state index contributed by atoms with van der Waals surface area (Å²) in [5.41, 5.74) is 7.25. The summed E-state index contributed by atoms with van der Waals surface area (Å²) >= 11 is 5.95. The van der Waals surface area contributed by atoms with E-state index in [1.54, 1.807) is 19.2 Å². The molecule has 0 unspecified atom stereocenters. The highest BCUT2D eigenvalue weighted by atomic mass is 35.5. The molecule has 0 amide bonds. The number of hydrogen-bond acceptors (Lipinski definition) is 3. The number of nitrogen functional groups attached to an aromatic ring is 1. The maximum atomic E-state index is 5.95. The molecule has 0 aliphatic carbocycles. The van der Waals surface area contributed by atoms with E-state index in [1.807, 2.05) is 30.3 Å². The van der Waals surface area contributed by atoms with Gasteiger partial charge in [0.25, 0.3) is 0 Å². The van der Waals surface area contributed by atoms with Crippen molar-refractivity contribution in [2.45, 2.75) is 6.61 Å². The molecule has 2 aromatic rings. The number of rotatable bonds is 4. The predicted molar refractivity (Wildman–Crippen MR) is 73.2 cm³/mol. The van der Waals surface area contributed by atoms with Gasteiger partial charge in [-0.2, -0.15) is 0 Å². The average molecular weight is 264 g/mol. The molecule has 3 nitrogen and oxygen atoms in total. The normalized spacial score (nSPS) is 10.1. The van der Waals surface area contributed by atoms with Gasteiger partial charge in [-0.25, -0.2) is 0 Å². The Bertz CT molecular complexity index is 543. The van der Waals surface area contributed by atoms with Crippen LogP contribution in [-0.4, -0.2) is 7.11 Å². The molecule has 2 N–H and O–H groups in total. The Kier molecular flexibility index (Phi) is 3.95. The van der Waals surface area contributed by atoms with Crippen LogP contribution in [0.25, 0.3) is 0 Å². The third kappa shape index (κ3) is 3.08. The first-order valence-corrected chi connectivity index (χ1v) is 5.87. The second kappa shape index (κ2) is 5.65. The predicted octanol–water partition coefficient (Wildman–Crippen LogP) is 3.51. The van der Waals surface area contributed by atoms with E-state index in [1.165, 1.54) is 0 Å². The molecule has 18 heavy (non-hydrogen) atoms. The van der Waals surface area contributed by atoms with Crippen LogP contribution in [0.3, 0.4) is 0 Å². The molecule has 0 aliphatic heterocycles. The van der Waals surface area contributed by atoms with E-state index < -0.39 is 0 Å². The lowest BCUT2D eigenvalue weighted by Gasteiger charge is -2.11. The second-order valence-corrected chi connectivity index (χ2v) is 4.25. The van der Waals surface area contributed by atoms with Crippen LogP contribution in [0.2, 0.25) is 5.02 Å². The Morgan fingerprint density at radius 1 is 1.17 bits per heavy atom. The van der Waals surface area contributed by atoms with E-state index in [4.69, 9.17) is 26.8 Å². The van der Waals surface area contributed by atoms with E-state index in [0.29, 0.717) is 17.3 Å². The van der Waals surface area contributed by atoms with Crippen molar-refractivity contribution in [3.63, 3.8) is 0 Å². The summed E-state index contributed by atoms with van der Waals surface area (Å²) in [4.78, 5) is 0. The van der Waals surface area contributed by atoms with Crippen molar-refractivity contribution in [1.82, 2.24) is 0 Å². The van der Waals surface area contributed by atoms with Gasteiger partial charge in [-0.05, 0) is 30.3 Å². The number of methoxy groups -OCH3 is 1. The fraction of sp³-hybridized carbons (Fsp3) is 0.143. The quantitative estimate of drug-likeness (QED) is 0.859. The molecule has 0 aromatic heterocycles. The number of benzene rings is 2. The lowest BCUT2D eigenvalue weighted by Crippen LogP contribution is -1.99. The number of ether oxygens (including phenoxy) is 2. The van der Waals surface area contributed by atoms with Crippen LogP contribution in [0, 0.1) is 0 Å². The van der Waals surface area contributed by atoms with Gasteiger partial charge in [-0.3, -0.25) is 0 Å². The van der Waals surface area contributed by atoms with E-state index in [9.17, 15) is 0 Å². The van der Waals surface area contributed by atoms with Crippen molar-refractivity contribution in [2.24, 2.45) is 0 Å². The molecule has 94 valence electrons. The molecule has 0 saturated carbocycles. The fourth-order valence-corrected chi connectivity index (χ4v) is 1.82. The van der Waals surface area contributed by atoms with Crippen molar-refractivity contribution < 1.29 is 9.47 Å². The van der Waals surface area contributed by atoms with Gasteiger partial charge >= 0.3 is 0 Å². The number of halogens is 1. The van der Waals surface area contributed by atoms with Crippen LogP contribution in [0.1, 0.15) is 5.56 Å². The zero-order chi connectivity index (χ0) is 13.0. The SMILES string of the molecule is COc1ccc(Cl)cc1COc1cccc(N)c1. The van der Waals surface area contributed by atoms with Gasteiger partial charge < -0.3 is 15.2 Å². The Hall–Kier alpha value is -1.87. The lowest BCUT2D eigenvalue weighted by atomic mass is 10.2. The summed E-state index contributed by atoms with van der Waals surface area (Å²) in [6, 6.07) is 12.7. The van der Waals surface area contributed by atoms with Gasteiger partial charge in [-0.1, -0.05) is 17.7 Å². The molecule has 0 spiro atoms. The minimum Gasteiger partial charge on any atom is -0.496 e. The number of nitrogens with two attached hydrogens (primary N) is 1. The van der Waals surface area contributed by atoms with Crippen molar-refractivity contribution in [2.75, 3.05) is 12.8 Å². The first-order valence-electron chi connectivity index (χ1n) is 5.50. The Morgan fingerprint density at radius 3 is 2.72 bits per heavy atom. The third-order valence-electron chi connectivity index (χ3n) is 2.49. The summed E-state index contributed by atoms with van der Waals surface area (Å²) < 4.78 is 10.9. The third-order valence-corrected chi connectivity index (χ3v) is 2.73. The van der Waals surface area contributed by atoms with E-state index in [2.05, 4.69) is 0 Å². The van der Waals surface area contributed by atoms with E-state index >= 15 is 0 Å². The summed E-state index contributed by atoms with van der Waals surface area (Å²) in [6.45, 7) is 0.382. The molecule has 2 rings (SSSR count). The van der Waals surface area contributed by atoms with Crippen LogP contribution >= 0.6 is 11.6 Å². The summed E-state index contributed by atoms with van der Waals surface area (Å²) in [5, 5.41) is 0.655. The number of hydrogen-bond donors (Lipinski definition) is 1. The topological polar surface area (TPSA) is 44.5 Å². The molecule has 0 heterocycles. The van der Waals surface area contributed by atoms with Crippen molar-refractivity contribution >= 4 is 17.3 Å². The van der Waals surface area contributed by atoms with Crippen LogP contribution in [0.5, 0.6) is 11.5 Å². The largest absolute Gasteiger partial charge is 0.496 e. The summed E-state index contributed by atoms with van der Waals surface area (Å²) in [6.07, 6.45) is 0. The molecule has 4 heteroatoms. The molecule has 0 radical (unpaired) electrons. The van der Waals surface area contributed by atoms with Gasteiger partial charge in [0.15, 0.2) is 0 Å². The molecular formula is C14H14ClNO2. The average Bonchev–Trinajstić information content (AvgIpc) is 2.37. The van der Waals surface area contributed by atoms with Crippen LogP contribution in [0.4, 0.5) is 5.69 Å². The first kappa shape index (κ1) is 12.6. The highest BCUT2D eigenvalue weighted by Crippen LogP contribution is 2.24. The number of anilines is 1. The lowest BCUT2D eigenvalue weighted by molar-refractivity contribution is 0.297. The highest BCUT2D eigenvalue weighted by molar-refractivity contribution is 6.30. The first-order chi connectivity index (χ1) is 8.69. The summed E-state index contributed by atoms with van der Waals surface area (Å²) in [5.74, 6) is 1.47. The Labute approximate surface area is 111 Å². The van der Waals surface area contributed by atoms with Gasteiger partial charge in [0.05, 0.1) is 7.11 Å². The maximum absolute atomic E-state index is 5.95. The molecule has 0 atom stereocenters. The highest BCUT2D eigenvalue weighted by Gasteiger charge is 2.05. The molecular weight excluding hydrogens is 250 g/mol. The van der Waals surface area contributed by atoms with Crippen LogP contribution in [-0.2, 0) is 6.61 Å². The molecule has 0 aliphatic rings. The smallest absolute Gasteiger partial charge is 0.125 e. The van der Waals surface area contributed by atoms with Gasteiger partial charge in [0, 0.05) is 22.3 Å². The Morgan fingerprint density at radius 2 is 2.00 bits per heavy atom. The molecule has 0 fully saturated rings. The monoisotopic (exact) mass is 263 g/mol. The van der Waals surface area contributed by atoms with E-state index in [-0.39, 0.29) is 0 Å². The van der Waals surface area contributed by atoms with Gasteiger partial charge in [0.2, 0.25) is 0 Å². The van der Waals surface area contributed by atoms with Crippen molar-refractivity contribution in [3.05, 3.63) is 53.1 Å². The Balaban J connectivity index is 2.12. The zero-order valence-corrected chi connectivity index (χ0v) is 10.8. The fourth-order valence-electron chi connectivity index (χ4n) is 1.63.